The third kappa shape index (κ3) is 3.34. The molecule has 104 valence electrons. The number of carboxylic acids is 1. The zero-order valence-electron chi connectivity index (χ0n) is 11.1. The summed E-state index contributed by atoms with van der Waals surface area (Å²) in [6.07, 6.45) is 1.44. The number of aromatic nitrogens is 1. The van der Waals surface area contributed by atoms with Gasteiger partial charge >= 0.3 is 5.97 Å². The van der Waals surface area contributed by atoms with Gasteiger partial charge in [0.15, 0.2) is 0 Å². The van der Waals surface area contributed by atoms with Gasteiger partial charge in [-0.15, -0.1) is 0 Å². The van der Waals surface area contributed by atoms with Crippen molar-refractivity contribution in [2.45, 2.75) is 19.9 Å². The SMILES string of the molecule is CC(C)N(CC(=O)O)C(=O)c1cc(C(N)=O)cn1C. The monoisotopic (exact) mass is 267 g/mol. The molecule has 0 atom stereocenters. The maximum Gasteiger partial charge on any atom is 0.323 e. The van der Waals surface area contributed by atoms with Gasteiger partial charge in [-0.3, -0.25) is 14.4 Å². The van der Waals surface area contributed by atoms with Crippen LogP contribution >= 0.6 is 0 Å². The summed E-state index contributed by atoms with van der Waals surface area (Å²) in [7, 11) is 1.60. The van der Waals surface area contributed by atoms with E-state index in [2.05, 4.69) is 0 Å². The number of hydrogen-bond donors (Lipinski definition) is 2. The van der Waals surface area contributed by atoms with Crippen LogP contribution in [0.4, 0.5) is 0 Å². The number of carbonyl (C=O) groups excluding carboxylic acids is 2. The van der Waals surface area contributed by atoms with Crippen molar-refractivity contribution in [3.8, 4) is 0 Å². The van der Waals surface area contributed by atoms with Crippen molar-refractivity contribution in [3.05, 3.63) is 23.5 Å². The fraction of sp³-hybridized carbons (Fsp3) is 0.417. The molecule has 19 heavy (non-hydrogen) atoms. The highest BCUT2D eigenvalue weighted by molar-refractivity contribution is 5.99. The molecule has 1 heterocycles. The number of carbonyl (C=O) groups is 3. The molecule has 7 nitrogen and oxygen atoms in total. The Balaban J connectivity index is 3.09. The van der Waals surface area contributed by atoms with E-state index in [-0.39, 0.29) is 17.3 Å². The number of nitrogens with zero attached hydrogens (tertiary/aromatic N) is 2. The Bertz CT molecular complexity index is 519. The van der Waals surface area contributed by atoms with E-state index in [1.807, 2.05) is 0 Å². The molecule has 0 aliphatic carbocycles. The van der Waals surface area contributed by atoms with Crippen LogP contribution in [0.5, 0.6) is 0 Å². The quantitative estimate of drug-likeness (QED) is 0.786. The Morgan fingerprint density at radius 3 is 2.37 bits per heavy atom. The van der Waals surface area contributed by atoms with Crippen molar-refractivity contribution in [2.24, 2.45) is 12.8 Å². The molecule has 3 N–H and O–H groups in total. The minimum absolute atomic E-state index is 0.213. The Hall–Kier alpha value is -2.31. The molecule has 0 aliphatic rings. The van der Waals surface area contributed by atoms with Crippen LogP contribution in [0.1, 0.15) is 34.7 Å². The Morgan fingerprint density at radius 2 is 2.00 bits per heavy atom. The molecule has 0 fully saturated rings. The van der Waals surface area contributed by atoms with Crippen LogP contribution < -0.4 is 5.73 Å². The van der Waals surface area contributed by atoms with Crippen LogP contribution in [-0.2, 0) is 11.8 Å². The molecule has 1 rings (SSSR count). The smallest absolute Gasteiger partial charge is 0.323 e. The molecule has 0 unspecified atom stereocenters. The lowest BCUT2D eigenvalue weighted by Crippen LogP contribution is -2.41. The standard InChI is InChI=1S/C12H17N3O4/c1-7(2)15(6-10(16)17)12(19)9-4-8(11(13)18)5-14(9)3/h4-5,7H,6H2,1-3H3,(H2,13,18)(H,16,17). The van der Waals surface area contributed by atoms with Crippen molar-refractivity contribution in [3.63, 3.8) is 0 Å². The Kier molecular flexibility index (Phi) is 4.31. The zero-order valence-corrected chi connectivity index (χ0v) is 11.1. The highest BCUT2D eigenvalue weighted by Crippen LogP contribution is 2.12. The topological polar surface area (TPSA) is 106 Å². The molecule has 1 aromatic heterocycles. The number of aryl methyl sites for hydroxylation is 1. The molecule has 1 aromatic rings. The summed E-state index contributed by atoms with van der Waals surface area (Å²) in [5, 5.41) is 8.82. The minimum atomic E-state index is -1.09. The first-order valence-electron chi connectivity index (χ1n) is 5.73. The summed E-state index contributed by atoms with van der Waals surface area (Å²) in [5.41, 5.74) is 5.58. The van der Waals surface area contributed by atoms with E-state index in [1.54, 1.807) is 20.9 Å². The number of aliphatic carboxylic acids is 1. The van der Waals surface area contributed by atoms with Crippen LogP contribution in [0.25, 0.3) is 0 Å². The maximum atomic E-state index is 12.3. The molecule has 0 saturated carbocycles. The Morgan fingerprint density at radius 1 is 1.42 bits per heavy atom. The van der Waals surface area contributed by atoms with Crippen LogP contribution in [0, 0.1) is 0 Å². The summed E-state index contributed by atoms with van der Waals surface area (Å²) in [5.74, 6) is -2.18. The van der Waals surface area contributed by atoms with E-state index >= 15 is 0 Å². The van der Waals surface area contributed by atoms with Crippen LogP contribution in [0.2, 0.25) is 0 Å². The fourth-order valence-electron chi connectivity index (χ4n) is 1.69. The van der Waals surface area contributed by atoms with Crippen molar-refractivity contribution >= 4 is 17.8 Å². The highest BCUT2D eigenvalue weighted by atomic mass is 16.4. The van der Waals surface area contributed by atoms with Crippen molar-refractivity contribution in [2.75, 3.05) is 6.54 Å². The molecule has 2 amide bonds. The van der Waals surface area contributed by atoms with Crippen LogP contribution in [0.15, 0.2) is 12.3 Å². The van der Waals surface area contributed by atoms with Gasteiger partial charge in [-0.25, -0.2) is 0 Å². The van der Waals surface area contributed by atoms with Gasteiger partial charge in [0.2, 0.25) is 5.91 Å². The highest BCUT2D eigenvalue weighted by Gasteiger charge is 2.24. The second kappa shape index (κ2) is 5.55. The first kappa shape index (κ1) is 14.7. The van der Waals surface area contributed by atoms with E-state index < -0.39 is 24.3 Å². The lowest BCUT2D eigenvalue weighted by molar-refractivity contribution is -0.138. The Labute approximate surface area is 110 Å². The predicted molar refractivity (Wildman–Crippen MR) is 67.7 cm³/mol. The number of hydrogen-bond acceptors (Lipinski definition) is 3. The number of nitrogens with two attached hydrogens (primary N) is 1. The number of carboxylic acid groups (broad SMARTS) is 1. The van der Waals surface area contributed by atoms with Crippen molar-refractivity contribution < 1.29 is 19.5 Å². The molecule has 0 aliphatic heterocycles. The van der Waals surface area contributed by atoms with Gasteiger partial charge in [-0.05, 0) is 19.9 Å². The number of primary amides is 1. The first-order chi connectivity index (χ1) is 8.73. The molecule has 0 radical (unpaired) electrons. The van der Waals surface area contributed by atoms with Gasteiger partial charge in [0.25, 0.3) is 5.91 Å². The largest absolute Gasteiger partial charge is 0.480 e. The second-order valence-corrected chi connectivity index (χ2v) is 4.51. The molecule has 0 saturated heterocycles. The minimum Gasteiger partial charge on any atom is -0.480 e. The van der Waals surface area contributed by atoms with Crippen LogP contribution in [0.3, 0.4) is 0 Å². The lowest BCUT2D eigenvalue weighted by atomic mass is 10.2. The van der Waals surface area contributed by atoms with Crippen LogP contribution in [-0.4, -0.2) is 44.9 Å². The maximum absolute atomic E-state index is 12.3. The lowest BCUT2D eigenvalue weighted by Gasteiger charge is -2.24. The van der Waals surface area contributed by atoms with Crippen molar-refractivity contribution in [1.29, 1.82) is 0 Å². The van der Waals surface area contributed by atoms with Gasteiger partial charge in [-0.2, -0.15) is 0 Å². The van der Waals surface area contributed by atoms with E-state index in [0.29, 0.717) is 0 Å². The molecule has 0 bridgehead atoms. The van der Waals surface area contributed by atoms with Gasteiger partial charge in [0, 0.05) is 19.3 Å². The summed E-state index contributed by atoms with van der Waals surface area (Å²) in [4.78, 5) is 35.3. The molecule has 7 heteroatoms. The van der Waals surface area contributed by atoms with Gasteiger partial charge < -0.3 is 20.3 Å². The van der Waals surface area contributed by atoms with E-state index in [1.165, 1.54) is 21.7 Å². The normalized spacial score (nSPS) is 10.5. The average molecular weight is 267 g/mol. The third-order valence-corrected chi connectivity index (χ3v) is 2.70. The predicted octanol–water partition coefficient (Wildman–Crippen LogP) is 0.0592. The summed E-state index contributed by atoms with van der Waals surface area (Å²) in [6.45, 7) is 3.05. The molecule has 0 aromatic carbocycles. The van der Waals surface area contributed by atoms with Gasteiger partial charge in [0.1, 0.15) is 12.2 Å². The first-order valence-corrected chi connectivity index (χ1v) is 5.73. The number of amides is 2. The van der Waals surface area contributed by atoms with Gasteiger partial charge in [0.05, 0.1) is 5.56 Å². The zero-order chi connectivity index (χ0) is 14.7. The molecular formula is C12H17N3O4. The van der Waals surface area contributed by atoms with E-state index in [4.69, 9.17) is 10.8 Å². The van der Waals surface area contributed by atoms with Gasteiger partial charge in [-0.1, -0.05) is 0 Å². The summed E-state index contributed by atoms with van der Waals surface area (Å²) < 4.78 is 1.46. The summed E-state index contributed by atoms with van der Waals surface area (Å²) >= 11 is 0. The average Bonchev–Trinajstić information content (AvgIpc) is 2.67. The van der Waals surface area contributed by atoms with Crippen molar-refractivity contribution in [1.82, 2.24) is 9.47 Å². The second-order valence-electron chi connectivity index (χ2n) is 4.51. The fourth-order valence-corrected chi connectivity index (χ4v) is 1.69. The molecule has 0 spiro atoms. The third-order valence-electron chi connectivity index (χ3n) is 2.70. The molecular weight excluding hydrogens is 250 g/mol. The van der Waals surface area contributed by atoms with E-state index in [9.17, 15) is 14.4 Å². The summed E-state index contributed by atoms with van der Waals surface area (Å²) in [6, 6.07) is 1.09. The number of rotatable bonds is 5. The van der Waals surface area contributed by atoms with E-state index in [0.717, 1.165) is 0 Å².